The Hall–Kier alpha value is -0.760. The van der Waals surface area contributed by atoms with E-state index in [1.54, 1.807) is 0 Å². The van der Waals surface area contributed by atoms with E-state index < -0.39 is 0 Å². The zero-order chi connectivity index (χ0) is 13.1. The topological polar surface area (TPSA) is 25.2 Å². The summed E-state index contributed by atoms with van der Waals surface area (Å²) in [5.41, 5.74) is 4.19. The van der Waals surface area contributed by atoms with E-state index in [4.69, 9.17) is 0 Å². The number of hydrogen-bond acceptors (Lipinski definition) is 1. The molecule has 18 heavy (non-hydrogen) atoms. The van der Waals surface area contributed by atoms with Gasteiger partial charge in [0.1, 0.15) is 0 Å². The van der Waals surface area contributed by atoms with Gasteiger partial charge in [0, 0.05) is 23.0 Å². The Balaban J connectivity index is 2.02. The van der Waals surface area contributed by atoms with E-state index >= 15 is 0 Å². The lowest BCUT2D eigenvalue weighted by Gasteiger charge is -2.34. The predicted octanol–water partition coefficient (Wildman–Crippen LogP) is 3.77. The predicted molar refractivity (Wildman–Crippen MR) is 73.7 cm³/mol. The van der Waals surface area contributed by atoms with Gasteiger partial charge in [0.2, 0.25) is 0 Å². The number of nitrogens with zero attached hydrogens (tertiary/aromatic N) is 1. The molecule has 2 aliphatic rings. The summed E-state index contributed by atoms with van der Waals surface area (Å²) in [4.78, 5) is 0. The fraction of sp³-hybridized carbons (Fsp3) is 0.750. The maximum atomic E-state index is 10.3. The van der Waals surface area contributed by atoms with E-state index in [9.17, 15) is 5.11 Å². The molecule has 2 aliphatic carbocycles. The monoisotopic (exact) mass is 247 g/mol. The summed E-state index contributed by atoms with van der Waals surface area (Å²) < 4.78 is 2.54. The summed E-state index contributed by atoms with van der Waals surface area (Å²) in [6, 6.07) is 2.93. The lowest BCUT2D eigenvalue weighted by atomic mass is 9.75. The molecule has 1 aromatic rings. The van der Waals surface area contributed by atoms with Crippen LogP contribution in [0.15, 0.2) is 6.07 Å². The third-order valence-electron chi connectivity index (χ3n) is 4.86. The van der Waals surface area contributed by atoms with Crippen LogP contribution in [-0.2, 0) is 6.42 Å². The Morgan fingerprint density at radius 3 is 2.78 bits per heavy atom. The van der Waals surface area contributed by atoms with Crippen LogP contribution in [-0.4, -0.2) is 9.67 Å². The largest absolute Gasteiger partial charge is 0.388 e. The number of aromatic nitrogens is 1. The van der Waals surface area contributed by atoms with E-state index in [0.717, 1.165) is 18.8 Å². The normalized spacial score (nSPS) is 33.3. The maximum Gasteiger partial charge on any atom is 0.0812 e. The van der Waals surface area contributed by atoms with Crippen LogP contribution in [0.5, 0.6) is 0 Å². The molecule has 0 saturated heterocycles. The van der Waals surface area contributed by atoms with Gasteiger partial charge >= 0.3 is 0 Å². The van der Waals surface area contributed by atoms with Crippen molar-refractivity contribution in [2.45, 2.75) is 65.5 Å². The number of aliphatic hydroxyl groups is 1. The summed E-state index contributed by atoms with van der Waals surface area (Å²) in [7, 11) is 0. The van der Waals surface area contributed by atoms with Gasteiger partial charge in [0.25, 0.3) is 0 Å². The Kier molecular flexibility index (Phi) is 2.64. The molecule has 0 radical (unpaired) electrons. The quantitative estimate of drug-likeness (QED) is 0.845. The Bertz CT molecular complexity index is 472. The molecule has 2 heteroatoms. The molecule has 1 saturated carbocycles. The van der Waals surface area contributed by atoms with Gasteiger partial charge in [-0.15, -0.1) is 0 Å². The highest BCUT2D eigenvalue weighted by molar-refractivity contribution is 5.34. The van der Waals surface area contributed by atoms with Gasteiger partial charge in [0.15, 0.2) is 0 Å². The maximum absolute atomic E-state index is 10.3. The molecule has 0 aromatic carbocycles. The molecule has 1 aromatic heterocycles. The molecule has 2 nitrogen and oxygen atoms in total. The fourth-order valence-corrected chi connectivity index (χ4v) is 3.81. The highest BCUT2D eigenvalue weighted by Gasteiger charge is 2.42. The summed E-state index contributed by atoms with van der Waals surface area (Å²) in [6.45, 7) is 9.03. The first-order chi connectivity index (χ1) is 8.43. The van der Waals surface area contributed by atoms with Crippen molar-refractivity contribution in [3.05, 3.63) is 23.0 Å². The van der Waals surface area contributed by atoms with Gasteiger partial charge in [-0.05, 0) is 43.6 Å². The van der Waals surface area contributed by atoms with Crippen LogP contribution >= 0.6 is 0 Å². The lowest BCUT2D eigenvalue weighted by molar-refractivity contribution is 0.0979. The average molecular weight is 247 g/mol. The number of fused-ring (bicyclic) bond motifs is 1. The zero-order valence-corrected chi connectivity index (χ0v) is 12.0. The van der Waals surface area contributed by atoms with Crippen molar-refractivity contribution in [2.75, 3.05) is 0 Å². The number of aliphatic hydroxyl groups excluding tert-OH is 1. The summed E-state index contributed by atoms with van der Waals surface area (Å²) in [5.74, 6) is 0.863. The molecule has 3 rings (SSSR count). The van der Waals surface area contributed by atoms with Crippen LogP contribution in [0.25, 0.3) is 0 Å². The standard InChI is InChI=1S/C16H25NO/c1-5-11-7-13(11)17-10(2)6-12-14(17)8-16(3,4)9-15(12)18/h6,11,13,15,18H,5,7-9H2,1-4H3. The Morgan fingerprint density at radius 2 is 2.17 bits per heavy atom. The fourth-order valence-electron chi connectivity index (χ4n) is 3.81. The van der Waals surface area contributed by atoms with E-state index in [1.807, 2.05) is 0 Å². The molecule has 0 aliphatic heterocycles. The molecule has 100 valence electrons. The van der Waals surface area contributed by atoms with E-state index in [0.29, 0.717) is 6.04 Å². The van der Waals surface area contributed by atoms with Gasteiger partial charge in [-0.2, -0.15) is 0 Å². The minimum absolute atomic E-state index is 0.228. The third-order valence-corrected chi connectivity index (χ3v) is 4.86. The summed E-state index contributed by atoms with van der Waals surface area (Å²) in [5, 5.41) is 10.3. The molecular weight excluding hydrogens is 222 g/mol. The van der Waals surface area contributed by atoms with Gasteiger partial charge < -0.3 is 9.67 Å². The third kappa shape index (κ3) is 1.82. The van der Waals surface area contributed by atoms with Gasteiger partial charge in [-0.1, -0.05) is 27.2 Å². The van der Waals surface area contributed by atoms with Crippen LogP contribution in [0.4, 0.5) is 0 Å². The first-order valence-corrected chi connectivity index (χ1v) is 7.31. The molecule has 1 fully saturated rings. The number of rotatable bonds is 2. The van der Waals surface area contributed by atoms with Gasteiger partial charge in [-0.3, -0.25) is 0 Å². The number of hydrogen-bond donors (Lipinski definition) is 1. The smallest absolute Gasteiger partial charge is 0.0812 e. The van der Waals surface area contributed by atoms with Crippen molar-refractivity contribution in [1.29, 1.82) is 0 Å². The lowest BCUT2D eigenvalue weighted by Crippen LogP contribution is -2.26. The van der Waals surface area contributed by atoms with Crippen LogP contribution in [0.2, 0.25) is 0 Å². The SMILES string of the molecule is CCC1CC1n1c(C)cc2c1CC(C)(C)CC2O. The molecule has 0 bridgehead atoms. The van der Waals surface area contributed by atoms with Crippen molar-refractivity contribution >= 4 is 0 Å². The summed E-state index contributed by atoms with van der Waals surface area (Å²) in [6.07, 6.45) is 4.35. The highest BCUT2D eigenvalue weighted by Crippen LogP contribution is 2.50. The van der Waals surface area contributed by atoms with Crippen molar-refractivity contribution in [3.8, 4) is 0 Å². The van der Waals surface area contributed by atoms with E-state index in [-0.39, 0.29) is 11.5 Å². The summed E-state index contributed by atoms with van der Waals surface area (Å²) >= 11 is 0. The molecular formula is C16H25NO. The van der Waals surface area contributed by atoms with E-state index in [1.165, 1.54) is 29.8 Å². The molecule has 3 unspecified atom stereocenters. The van der Waals surface area contributed by atoms with Crippen molar-refractivity contribution in [2.24, 2.45) is 11.3 Å². The second-order valence-corrected chi connectivity index (χ2v) is 7.09. The first kappa shape index (κ1) is 12.3. The Labute approximate surface area is 110 Å². The number of aryl methyl sites for hydroxylation is 1. The van der Waals surface area contributed by atoms with Crippen LogP contribution in [0.3, 0.4) is 0 Å². The molecule has 1 N–H and O–H groups in total. The second kappa shape index (κ2) is 3.86. The van der Waals surface area contributed by atoms with Crippen LogP contribution in [0.1, 0.15) is 69.1 Å². The van der Waals surface area contributed by atoms with Gasteiger partial charge in [0.05, 0.1) is 6.10 Å². The average Bonchev–Trinajstić information content (AvgIpc) is 2.95. The minimum Gasteiger partial charge on any atom is -0.388 e. The highest BCUT2D eigenvalue weighted by atomic mass is 16.3. The minimum atomic E-state index is -0.262. The van der Waals surface area contributed by atoms with Gasteiger partial charge in [-0.25, -0.2) is 0 Å². The molecule has 1 heterocycles. The van der Waals surface area contributed by atoms with E-state index in [2.05, 4.69) is 38.3 Å². The molecule has 3 atom stereocenters. The van der Waals surface area contributed by atoms with Crippen molar-refractivity contribution < 1.29 is 5.11 Å². The first-order valence-electron chi connectivity index (χ1n) is 7.31. The van der Waals surface area contributed by atoms with Crippen LogP contribution in [0, 0.1) is 18.3 Å². The van der Waals surface area contributed by atoms with Crippen molar-refractivity contribution in [3.63, 3.8) is 0 Å². The second-order valence-electron chi connectivity index (χ2n) is 7.09. The molecule has 0 spiro atoms. The van der Waals surface area contributed by atoms with Crippen molar-refractivity contribution in [1.82, 2.24) is 4.57 Å². The zero-order valence-electron chi connectivity index (χ0n) is 12.0. The Morgan fingerprint density at radius 1 is 1.44 bits per heavy atom. The molecule has 0 amide bonds. The van der Waals surface area contributed by atoms with Crippen LogP contribution < -0.4 is 0 Å².